The van der Waals surface area contributed by atoms with E-state index in [0.717, 1.165) is 30.9 Å². The van der Waals surface area contributed by atoms with E-state index >= 15 is 0 Å². The van der Waals surface area contributed by atoms with E-state index in [0.29, 0.717) is 5.15 Å². The monoisotopic (exact) mass is 384 g/mol. The van der Waals surface area contributed by atoms with Gasteiger partial charge in [0.25, 0.3) is 0 Å². The van der Waals surface area contributed by atoms with Crippen LogP contribution in [-0.2, 0) is 4.74 Å². The molecule has 0 aliphatic heterocycles. The Morgan fingerprint density at radius 1 is 1.24 bits per heavy atom. The van der Waals surface area contributed by atoms with Crippen LogP contribution in [0.3, 0.4) is 0 Å². The van der Waals surface area contributed by atoms with Gasteiger partial charge in [0.2, 0.25) is 0 Å². The van der Waals surface area contributed by atoms with Crippen LogP contribution in [0.15, 0.2) is 35.1 Å². The highest BCUT2D eigenvalue weighted by Crippen LogP contribution is 2.43. The Balaban J connectivity index is 2.00. The number of hydrogen-bond donors (Lipinski definition) is 0. The highest BCUT2D eigenvalue weighted by Gasteiger charge is 2.15. The maximum atomic E-state index is 6.14. The van der Waals surface area contributed by atoms with E-state index in [2.05, 4.69) is 25.9 Å². The van der Waals surface area contributed by atoms with Crippen LogP contribution in [0.5, 0.6) is 5.75 Å². The molecule has 1 aromatic carbocycles. The van der Waals surface area contributed by atoms with Gasteiger partial charge in [-0.1, -0.05) is 11.6 Å². The van der Waals surface area contributed by atoms with E-state index in [4.69, 9.17) is 21.1 Å². The molecular weight excluding hydrogens is 376 g/mol. The van der Waals surface area contributed by atoms with Crippen molar-refractivity contribution in [2.45, 2.75) is 0 Å². The summed E-state index contributed by atoms with van der Waals surface area (Å²) in [5.41, 5.74) is 1.06. The number of nitrogens with zero attached hydrogens (tertiary/aromatic N) is 2. The second-order valence-corrected chi connectivity index (χ2v) is 6.32. The number of halogens is 2. The van der Waals surface area contributed by atoms with Gasteiger partial charge in [-0.05, 0) is 45.8 Å². The third-order valence-corrected chi connectivity index (χ3v) is 5.33. The number of rotatable bonds is 4. The lowest BCUT2D eigenvalue weighted by Crippen LogP contribution is -1.98. The maximum absolute atomic E-state index is 6.14. The van der Waals surface area contributed by atoms with Crippen molar-refractivity contribution in [3.8, 4) is 16.2 Å². The Hall–Kier alpha value is -1.21. The zero-order valence-corrected chi connectivity index (χ0v) is 14.1. The van der Waals surface area contributed by atoms with Crippen molar-refractivity contribution >= 4 is 49.1 Å². The summed E-state index contributed by atoms with van der Waals surface area (Å²) >= 11 is 11.3. The van der Waals surface area contributed by atoms with Crippen LogP contribution in [0.2, 0.25) is 5.15 Å². The standard InChI is InChI=1S/C14H10BrClN2O2S/c1-19-7-20-9-4-2-8(3-5-9)12-11(15)10-13(16)17-6-18-14(10)21-12/h2-6H,7H2,1H3. The van der Waals surface area contributed by atoms with E-state index < -0.39 is 0 Å². The second-order valence-electron chi connectivity index (χ2n) is 4.17. The van der Waals surface area contributed by atoms with Crippen molar-refractivity contribution in [1.82, 2.24) is 9.97 Å². The molecule has 0 unspecified atom stereocenters. The van der Waals surface area contributed by atoms with Gasteiger partial charge < -0.3 is 9.47 Å². The molecule has 0 fully saturated rings. The van der Waals surface area contributed by atoms with E-state index in [1.54, 1.807) is 18.4 Å². The zero-order valence-electron chi connectivity index (χ0n) is 11.0. The topological polar surface area (TPSA) is 44.2 Å². The van der Waals surface area contributed by atoms with Crippen LogP contribution in [0, 0.1) is 0 Å². The highest BCUT2D eigenvalue weighted by atomic mass is 79.9. The number of thiophene rings is 1. The van der Waals surface area contributed by atoms with Crippen molar-refractivity contribution in [2.75, 3.05) is 13.9 Å². The van der Waals surface area contributed by atoms with Gasteiger partial charge in [-0.2, -0.15) is 0 Å². The first kappa shape index (κ1) is 14.7. The van der Waals surface area contributed by atoms with Crippen molar-refractivity contribution in [3.63, 3.8) is 0 Å². The predicted molar refractivity (Wildman–Crippen MR) is 88.1 cm³/mol. The summed E-state index contributed by atoms with van der Waals surface area (Å²) in [7, 11) is 1.59. The Kier molecular flexibility index (Phi) is 4.40. The minimum absolute atomic E-state index is 0.233. The molecule has 0 spiro atoms. The molecule has 21 heavy (non-hydrogen) atoms. The smallest absolute Gasteiger partial charge is 0.188 e. The van der Waals surface area contributed by atoms with Crippen LogP contribution >= 0.6 is 38.9 Å². The first-order chi connectivity index (χ1) is 10.2. The number of fused-ring (bicyclic) bond motifs is 1. The normalized spacial score (nSPS) is 11.0. The minimum Gasteiger partial charge on any atom is -0.468 e. The van der Waals surface area contributed by atoms with Gasteiger partial charge in [0.1, 0.15) is 22.1 Å². The molecule has 0 amide bonds. The number of ether oxygens (including phenoxy) is 2. The summed E-state index contributed by atoms with van der Waals surface area (Å²) in [6.07, 6.45) is 1.47. The van der Waals surface area contributed by atoms with E-state index in [-0.39, 0.29) is 6.79 Å². The van der Waals surface area contributed by atoms with Gasteiger partial charge in [-0.15, -0.1) is 11.3 Å². The van der Waals surface area contributed by atoms with Crippen molar-refractivity contribution in [1.29, 1.82) is 0 Å². The first-order valence-electron chi connectivity index (χ1n) is 6.01. The molecule has 0 saturated carbocycles. The SMILES string of the molecule is COCOc1ccc(-c2sc3ncnc(Cl)c3c2Br)cc1. The van der Waals surface area contributed by atoms with Crippen molar-refractivity contribution in [3.05, 3.63) is 40.2 Å². The predicted octanol–water partition coefficient (Wildman–Crippen LogP) is 4.76. The van der Waals surface area contributed by atoms with Crippen molar-refractivity contribution < 1.29 is 9.47 Å². The van der Waals surface area contributed by atoms with Gasteiger partial charge in [0.05, 0.1) is 10.3 Å². The molecular formula is C14H10BrClN2O2S. The molecule has 108 valence electrons. The maximum Gasteiger partial charge on any atom is 0.188 e. The number of methoxy groups -OCH3 is 1. The molecule has 3 aromatic rings. The molecule has 0 aliphatic rings. The number of benzene rings is 1. The first-order valence-corrected chi connectivity index (χ1v) is 8.00. The average Bonchev–Trinajstić information content (AvgIpc) is 2.84. The molecule has 0 saturated heterocycles. The number of aromatic nitrogens is 2. The lowest BCUT2D eigenvalue weighted by Gasteiger charge is -2.05. The fourth-order valence-corrected chi connectivity index (χ4v) is 4.30. The molecule has 0 aliphatic carbocycles. The van der Waals surface area contributed by atoms with Crippen LogP contribution in [0.4, 0.5) is 0 Å². The molecule has 0 N–H and O–H groups in total. The molecule has 2 heterocycles. The molecule has 3 rings (SSSR count). The van der Waals surface area contributed by atoms with Crippen molar-refractivity contribution in [2.24, 2.45) is 0 Å². The Bertz CT molecular complexity index is 776. The highest BCUT2D eigenvalue weighted by molar-refractivity contribution is 9.10. The fraction of sp³-hybridized carbons (Fsp3) is 0.143. The molecule has 0 bridgehead atoms. The van der Waals surface area contributed by atoms with Gasteiger partial charge in [-0.25, -0.2) is 9.97 Å². The van der Waals surface area contributed by atoms with Crippen LogP contribution in [-0.4, -0.2) is 23.9 Å². The number of hydrogen-bond acceptors (Lipinski definition) is 5. The lowest BCUT2D eigenvalue weighted by atomic mass is 10.2. The summed E-state index contributed by atoms with van der Waals surface area (Å²) in [6.45, 7) is 0.233. The van der Waals surface area contributed by atoms with E-state index in [1.165, 1.54) is 6.33 Å². The van der Waals surface area contributed by atoms with Crippen LogP contribution in [0.1, 0.15) is 0 Å². The summed E-state index contributed by atoms with van der Waals surface area (Å²) in [5.74, 6) is 0.760. The lowest BCUT2D eigenvalue weighted by molar-refractivity contribution is 0.0511. The zero-order chi connectivity index (χ0) is 14.8. The molecule has 2 aromatic heterocycles. The minimum atomic E-state index is 0.233. The van der Waals surface area contributed by atoms with Crippen LogP contribution in [0.25, 0.3) is 20.7 Å². The van der Waals surface area contributed by atoms with Gasteiger partial charge in [-0.3, -0.25) is 0 Å². The fourth-order valence-electron chi connectivity index (χ4n) is 1.88. The summed E-state index contributed by atoms with van der Waals surface area (Å²) in [5, 5.41) is 1.30. The van der Waals surface area contributed by atoms with Gasteiger partial charge in [0, 0.05) is 11.6 Å². The Morgan fingerprint density at radius 2 is 2.00 bits per heavy atom. The third kappa shape index (κ3) is 2.89. The molecule has 0 atom stereocenters. The largest absolute Gasteiger partial charge is 0.468 e. The second kappa shape index (κ2) is 6.27. The van der Waals surface area contributed by atoms with Gasteiger partial charge >= 0.3 is 0 Å². The van der Waals surface area contributed by atoms with E-state index in [9.17, 15) is 0 Å². The van der Waals surface area contributed by atoms with Gasteiger partial charge in [0.15, 0.2) is 6.79 Å². The van der Waals surface area contributed by atoms with E-state index in [1.807, 2.05) is 24.3 Å². The average molecular weight is 386 g/mol. The summed E-state index contributed by atoms with van der Waals surface area (Å²) in [6, 6.07) is 7.78. The summed E-state index contributed by atoms with van der Waals surface area (Å²) in [4.78, 5) is 10.2. The summed E-state index contributed by atoms with van der Waals surface area (Å²) < 4.78 is 11.2. The Labute approximate surface area is 138 Å². The Morgan fingerprint density at radius 3 is 2.67 bits per heavy atom. The molecule has 4 nitrogen and oxygen atoms in total. The quantitative estimate of drug-likeness (QED) is 0.480. The molecule has 0 radical (unpaired) electrons. The molecule has 7 heteroatoms. The third-order valence-electron chi connectivity index (χ3n) is 2.84. The van der Waals surface area contributed by atoms with Crippen LogP contribution < -0.4 is 4.74 Å².